The zero-order valence-electron chi connectivity index (χ0n) is 10.8. The van der Waals surface area contributed by atoms with Gasteiger partial charge >= 0.3 is 0 Å². The lowest BCUT2D eigenvalue weighted by molar-refractivity contribution is 0.370. The molecule has 1 aliphatic carbocycles. The number of rotatable bonds is 4. The van der Waals surface area contributed by atoms with Crippen LogP contribution in [0, 0.1) is 11.3 Å². The maximum atomic E-state index is 9.79. The summed E-state index contributed by atoms with van der Waals surface area (Å²) >= 11 is 3.28. The summed E-state index contributed by atoms with van der Waals surface area (Å²) < 4.78 is 5.65. The second-order valence-corrected chi connectivity index (χ2v) is 5.62. The van der Waals surface area contributed by atoms with Crippen molar-refractivity contribution in [1.82, 2.24) is 5.32 Å². The van der Waals surface area contributed by atoms with E-state index < -0.39 is 0 Å². The predicted molar refractivity (Wildman–Crippen MR) is 76.1 cm³/mol. The first-order chi connectivity index (χ1) is 9.15. The van der Waals surface area contributed by atoms with Crippen LogP contribution in [0.15, 0.2) is 16.6 Å². The highest BCUT2D eigenvalue weighted by molar-refractivity contribution is 9.10. The maximum absolute atomic E-state index is 9.79. The van der Waals surface area contributed by atoms with Crippen LogP contribution in [-0.4, -0.2) is 18.3 Å². The summed E-state index contributed by atoms with van der Waals surface area (Å²) in [6.45, 7) is 0. The fraction of sp³-hybridized carbons (Fsp3) is 0.500. The van der Waals surface area contributed by atoms with E-state index in [0.717, 1.165) is 18.4 Å². The minimum absolute atomic E-state index is 0.0591. The molecule has 1 unspecified atom stereocenters. The zero-order chi connectivity index (χ0) is 13.8. The van der Waals surface area contributed by atoms with Crippen molar-refractivity contribution < 1.29 is 9.84 Å². The Hall–Kier alpha value is -1.25. The molecule has 1 aromatic carbocycles. The molecule has 1 aliphatic rings. The molecule has 0 saturated heterocycles. The van der Waals surface area contributed by atoms with Gasteiger partial charge in [0.1, 0.15) is 6.04 Å². The lowest BCUT2D eigenvalue weighted by Gasteiger charge is -2.18. The van der Waals surface area contributed by atoms with E-state index in [0.29, 0.717) is 16.3 Å². The van der Waals surface area contributed by atoms with Crippen LogP contribution >= 0.6 is 15.9 Å². The monoisotopic (exact) mass is 324 g/mol. The molecule has 19 heavy (non-hydrogen) atoms. The molecule has 0 bridgehead atoms. The van der Waals surface area contributed by atoms with Crippen LogP contribution in [0.25, 0.3) is 0 Å². The highest BCUT2D eigenvalue weighted by Crippen LogP contribution is 2.37. The first kappa shape index (κ1) is 14.2. The molecule has 1 atom stereocenters. The third-order valence-electron chi connectivity index (χ3n) is 3.49. The fourth-order valence-corrected chi connectivity index (χ4v) is 2.91. The number of nitrogens with one attached hydrogen (secondary N) is 1. The van der Waals surface area contributed by atoms with Crippen LogP contribution in [0.5, 0.6) is 11.5 Å². The molecule has 2 N–H and O–H groups in total. The molecule has 0 spiro atoms. The van der Waals surface area contributed by atoms with Gasteiger partial charge in [0.2, 0.25) is 0 Å². The van der Waals surface area contributed by atoms with Gasteiger partial charge in [-0.2, -0.15) is 5.26 Å². The van der Waals surface area contributed by atoms with Gasteiger partial charge in [0.05, 0.1) is 17.7 Å². The van der Waals surface area contributed by atoms with Gasteiger partial charge in [-0.25, -0.2) is 0 Å². The van der Waals surface area contributed by atoms with Crippen molar-refractivity contribution in [2.24, 2.45) is 0 Å². The Morgan fingerprint density at radius 1 is 1.47 bits per heavy atom. The van der Waals surface area contributed by atoms with Gasteiger partial charge in [-0.1, -0.05) is 12.8 Å². The summed E-state index contributed by atoms with van der Waals surface area (Å²) in [7, 11) is 1.50. The van der Waals surface area contributed by atoms with Crippen molar-refractivity contribution in [3.63, 3.8) is 0 Å². The Balaban J connectivity index is 2.22. The van der Waals surface area contributed by atoms with Crippen molar-refractivity contribution in [3.05, 3.63) is 22.2 Å². The van der Waals surface area contributed by atoms with E-state index in [-0.39, 0.29) is 11.8 Å². The Kier molecular flexibility index (Phi) is 4.67. The second-order valence-electron chi connectivity index (χ2n) is 4.76. The summed E-state index contributed by atoms with van der Waals surface area (Å²) in [5.41, 5.74) is 0.802. The van der Waals surface area contributed by atoms with Crippen LogP contribution in [0.3, 0.4) is 0 Å². The summed E-state index contributed by atoms with van der Waals surface area (Å²) in [5, 5.41) is 22.5. The molecule has 2 rings (SSSR count). The van der Waals surface area contributed by atoms with E-state index >= 15 is 0 Å². The molecule has 0 heterocycles. The van der Waals surface area contributed by atoms with Crippen molar-refractivity contribution in [1.29, 1.82) is 5.26 Å². The highest BCUT2D eigenvalue weighted by atomic mass is 79.9. The normalized spacial score (nSPS) is 17.1. The number of ether oxygens (including phenoxy) is 1. The average molecular weight is 325 g/mol. The van der Waals surface area contributed by atoms with Gasteiger partial charge in [0.15, 0.2) is 11.5 Å². The van der Waals surface area contributed by atoms with Gasteiger partial charge in [-0.15, -0.1) is 0 Å². The molecule has 0 aromatic heterocycles. The lowest BCUT2D eigenvalue weighted by atomic mass is 10.1. The number of hydrogen-bond donors (Lipinski definition) is 2. The van der Waals surface area contributed by atoms with Crippen molar-refractivity contribution in [2.75, 3.05) is 7.11 Å². The van der Waals surface area contributed by atoms with Crippen LogP contribution in [0.2, 0.25) is 0 Å². The quantitative estimate of drug-likeness (QED) is 0.892. The summed E-state index contributed by atoms with van der Waals surface area (Å²) in [6.07, 6.45) is 4.68. The van der Waals surface area contributed by atoms with Crippen molar-refractivity contribution in [3.8, 4) is 17.6 Å². The van der Waals surface area contributed by atoms with E-state index in [9.17, 15) is 10.4 Å². The molecular weight excluding hydrogens is 308 g/mol. The average Bonchev–Trinajstić information content (AvgIpc) is 2.92. The number of methoxy groups -OCH3 is 1. The van der Waals surface area contributed by atoms with Gasteiger partial charge in [-0.05, 0) is 46.5 Å². The second kappa shape index (κ2) is 6.27. The number of halogens is 1. The number of aromatic hydroxyl groups is 1. The van der Waals surface area contributed by atoms with Crippen LogP contribution in [0.1, 0.15) is 37.3 Å². The SMILES string of the molecule is COc1cc(C(C#N)NC2CCCC2)cc(Br)c1O. The Bertz CT molecular complexity index is 493. The Morgan fingerprint density at radius 2 is 2.16 bits per heavy atom. The third-order valence-corrected chi connectivity index (χ3v) is 4.10. The lowest BCUT2D eigenvalue weighted by Crippen LogP contribution is -2.29. The molecule has 5 heteroatoms. The largest absolute Gasteiger partial charge is 0.503 e. The van der Waals surface area contributed by atoms with Gasteiger partial charge < -0.3 is 9.84 Å². The molecular formula is C14H17BrN2O2. The number of nitrogens with zero attached hydrogens (tertiary/aromatic N) is 1. The van der Waals surface area contributed by atoms with Crippen LogP contribution < -0.4 is 10.1 Å². The smallest absolute Gasteiger partial charge is 0.172 e. The fourth-order valence-electron chi connectivity index (χ4n) is 2.45. The number of phenols is 1. The summed E-state index contributed by atoms with van der Waals surface area (Å²) in [6, 6.07) is 5.76. The number of phenolic OH excluding ortho intramolecular Hbond substituents is 1. The third kappa shape index (κ3) is 3.20. The molecule has 4 nitrogen and oxygen atoms in total. The van der Waals surface area contributed by atoms with Crippen LogP contribution in [0.4, 0.5) is 0 Å². The first-order valence-electron chi connectivity index (χ1n) is 6.37. The molecule has 1 aromatic rings. The molecule has 0 aliphatic heterocycles. The van der Waals surface area contributed by atoms with Gasteiger partial charge in [0, 0.05) is 6.04 Å². The minimum Gasteiger partial charge on any atom is -0.503 e. The van der Waals surface area contributed by atoms with Gasteiger partial charge in [0.25, 0.3) is 0 Å². The van der Waals surface area contributed by atoms with E-state index in [2.05, 4.69) is 27.3 Å². The van der Waals surface area contributed by atoms with E-state index in [4.69, 9.17) is 4.74 Å². The first-order valence-corrected chi connectivity index (χ1v) is 7.17. The van der Waals surface area contributed by atoms with E-state index in [1.165, 1.54) is 20.0 Å². The molecule has 0 amide bonds. The number of benzene rings is 1. The highest BCUT2D eigenvalue weighted by Gasteiger charge is 2.21. The van der Waals surface area contributed by atoms with Crippen LogP contribution in [-0.2, 0) is 0 Å². The van der Waals surface area contributed by atoms with Gasteiger partial charge in [-0.3, -0.25) is 5.32 Å². The zero-order valence-corrected chi connectivity index (χ0v) is 12.4. The maximum Gasteiger partial charge on any atom is 0.172 e. The minimum atomic E-state index is -0.381. The molecule has 1 saturated carbocycles. The number of hydrogen-bond acceptors (Lipinski definition) is 4. The Labute approximate surface area is 121 Å². The molecule has 1 fully saturated rings. The predicted octanol–water partition coefficient (Wildman–Crippen LogP) is 3.26. The number of nitriles is 1. The topological polar surface area (TPSA) is 65.3 Å². The summed E-state index contributed by atoms with van der Waals surface area (Å²) in [5.74, 6) is 0.432. The standard InChI is InChI=1S/C14H17BrN2O2/c1-19-13-7-9(6-11(15)14(13)18)12(8-16)17-10-4-2-3-5-10/h6-7,10,12,17-18H,2-5H2,1H3. The van der Waals surface area contributed by atoms with Crippen molar-refractivity contribution in [2.45, 2.75) is 37.8 Å². The molecule has 0 radical (unpaired) electrons. The molecule has 102 valence electrons. The van der Waals surface area contributed by atoms with Crippen molar-refractivity contribution >= 4 is 15.9 Å². The summed E-state index contributed by atoms with van der Waals surface area (Å²) in [4.78, 5) is 0. The van der Waals surface area contributed by atoms with E-state index in [1.54, 1.807) is 12.1 Å². The Morgan fingerprint density at radius 3 is 2.74 bits per heavy atom. The van der Waals surface area contributed by atoms with E-state index in [1.807, 2.05) is 0 Å².